The molecule has 0 atom stereocenters. The maximum absolute atomic E-state index is 13.2. The van der Waals surface area contributed by atoms with Gasteiger partial charge in [-0.2, -0.15) is 4.31 Å². The minimum Gasteiger partial charge on any atom is -0.379 e. The van der Waals surface area contributed by atoms with Crippen molar-refractivity contribution >= 4 is 33.2 Å². The molecule has 2 heterocycles. The van der Waals surface area contributed by atoms with Gasteiger partial charge in [-0.1, -0.05) is 29.8 Å². The molecular weight excluding hydrogens is 454 g/mol. The van der Waals surface area contributed by atoms with Crippen LogP contribution in [0, 0.1) is 0 Å². The molecule has 0 unspecified atom stereocenters. The Bertz CT molecular complexity index is 1070. The fraction of sp³-hybridized carbons (Fsp3) is 0.409. The topological polar surface area (TPSA) is 88.2 Å². The molecule has 0 aromatic heterocycles. The molecule has 0 bridgehead atoms. The first-order valence-corrected chi connectivity index (χ1v) is 12.3. The highest BCUT2D eigenvalue weighted by atomic mass is 35.5. The van der Waals surface area contributed by atoms with Gasteiger partial charge in [0.1, 0.15) is 0 Å². The van der Waals surface area contributed by atoms with Crippen LogP contribution in [0.2, 0.25) is 5.02 Å². The van der Waals surface area contributed by atoms with E-state index in [9.17, 15) is 13.2 Å². The Balaban J connectivity index is 1.64. The van der Waals surface area contributed by atoms with E-state index in [2.05, 4.69) is 5.32 Å². The van der Waals surface area contributed by atoms with Crippen LogP contribution in [0.1, 0.15) is 15.9 Å². The van der Waals surface area contributed by atoms with Crippen LogP contribution in [0.15, 0.2) is 47.4 Å². The molecule has 4 rings (SSSR count). The molecule has 2 aromatic rings. The van der Waals surface area contributed by atoms with E-state index >= 15 is 0 Å². The summed E-state index contributed by atoms with van der Waals surface area (Å²) in [4.78, 5) is 15.3. The molecule has 2 aliphatic heterocycles. The Labute approximate surface area is 193 Å². The van der Waals surface area contributed by atoms with Gasteiger partial charge in [0.2, 0.25) is 10.0 Å². The molecule has 32 heavy (non-hydrogen) atoms. The number of hydrogen-bond acceptors (Lipinski definition) is 6. The molecule has 2 aromatic carbocycles. The third-order valence-corrected chi connectivity index (χ3v) is 7.83. The zero-order valence-electron chi connectivity index (χ0n) is 17.6. The Morgan fingerprint density at radius 1 is 0.969 bits per heavy atom. The average Bonchev–Trinajstić information content (AvgIpc) is 2.84. The van der Waals surface area contributed by atoms with Gasteiger partial charge in [0.15, 0.2) is 0 Å². The van der Waals surface area contributed by atoms with E-state index in [1.807, 2.05) is 23.1 Å². The number of rotatable bonds is 6. The Morgan fingerprint density at radius 2 is 1.62 bits per heavy atom. The number of amides is 1. The number of morpholine rings is 2. The molecular formula is C22H26ClN3O5S. The first-order valence-electron chi connectivity index (χ1n) is 10.5. The summed E-state index contributed by atoms with van der Waals surface area (Å²) in [5, 5.41) is 3.44. The third-order valence-electron chi connectivity index (χ3n) is 5.57. The maximum Gasteiger partial charge on any atom is 0.253 e. The summed E-state index contributed by atoms with van der Waals surface area (Å²) < 4.78 is 38.4. The SMILES string of the molecule is O=C(NCc1ccccc1Cl)c1cc(S(=O)(=O)N2CCOCC2)ccc1N1CCOCC1. The van der Waals surface area contributed by atoms with Gasteiger partial charge in [0, 0.05) is 43.4 Å². The van der Waals surface area contributed by atoms with E-state index in [4.69, 9.17) is 21.1 Å². The van der Waals surface area contributed by atoms with Crippen LogP contribution >= 0.6 is 11.6 Å². The molecule has 1 amide bonds. The fourth-order valence-electron chi connectivity index (χ4n) is 3.79. The lowest BCUT2D eigenvalue weighted by Gasteiger charge is -2.31. The highest BCUT2D eigenvalue weighted by molar-refractivity contribution is 7.89. The molecule has 172 valence electrons. The van der Waals surface area contributed by atoms with Gasteiger partial charge in [-0.05, 0) is 29.8 Å². The van der Waals surface area contributed by atoms with E-state index < -0.39 is 10.0 Å². The summed E-state index contributed by atoms with van der Waals surface area (Å²) in [7, 11) is -3.73. The number of carbonyl (C=O) groups excluding carboxylic acids is 1. The van der Waals surface area contributed by atoms with E-state index in [0.29, 0.717) is 68.9 Å². The number of halogens is 1. The first kappa shape index (κ1) is 23.0. The normalized spacial score (nSPS) is 17.8. The monoisotopic (exact) mass is 479 g/mol. The number of nitrogens with one attached hydrogen (secondary N) is 1. The Kier molecular flexibility index (Phi) is 7.32. The van der Waals surface area contributed by atoms with Gasteiger partial charge < -0.3 is 19.7 Å². The van der Waals surface area contributed by atoms with Crippen molar-refractivity contribution in [1.82, 2.24) is 9.62 Å². The van der Waals surface area contributed by atoms with Crippen molar-refractivity contribution < 1.29 is 22.7 Å². The summed E-state index contributed by atoms with van der Waals surface area (Å²) >= 11 is 6.21. The molecule has 2 saturated heterocycles. The molecule has 2 aliphatic rings. The van der Waals surface area contributed by atoms with Crippen molar-refractivity contribution in [2.45, 2.75) is 11.4 Å². The molecule has 0 saturated carbocycles. The van der Waals surface area contributed by atoms with Gasteiger partial charge in [-0.25, -0.2) is 8.42 Å². The van der Waals surface area contributed by atoms with Gasteiger partial charge in [-0.15, -0.1) is 0 Å². The smallest absolute Gasteiger partial charge is 0.253 e. The summed E-state index contributed by atoms with van der Waals surface area (Å²) in [6.45, 7) is 3.89. The summed E-state index contributed by atoms with van der Waals surface area (Å²) in [5.74, 6) is -0.356. The second-order valence-corrected chi connectivity index (χ2v) is 9.91. The minimum atomic E-state index is -3.73. The standard InChI is InChI=1S/C22H26ClN3O5S/c23-20-4-2-1-3-17(20)16-24-22(27)19-15-18(32(28,29)26-9-13-31-14-10-26)5-6-21(19)25-7-11-30-12-8-25/h1-6,15H,7-14,16H2,(H,24,27). The third kappa shape index (κ3) is 5.07. The fourth-order valence-corrected chi connectivity index (χ4v) is 5.42. The number of ether oxygens (including phenoxy) is 2. The molecule has 1 N–H and O–H groups in total. The predicted octanol–water partition coefficient (Wildman–Crippen LogP) is 2.13. The molecule has 2 fully saturated rings. The number of anilines is 1. The van der Waals surface area contributed by atoms with Crippen LogP contribution in [-0.2, 0) is 26.0 Å². The molecule has 0 aliphatic carbocycles. The van der Waals surface area contributed by atoms with Crippen molar-refractivity contribution in [3.63, 3.8) is 0 Å². The van der Waals surface area contributed by atoms with Crippen molar-refractivity contribution in [1.29, 1.82) is 0 Å². The van der Waals surface area contributed by atoms with Crippen LogP contribution in [0.25, 0.3) is 0 Å². The van der Waals surface area contributed by atoms with Crippen LogP contribution in [0.4, 0.5) is 5.69 Å². The minimum absolute atomic E-state index is 0.0966. The lowest BCUT2D eigenvalue weighted by Crippen LogP contribution is -2.41. The second kappa shape index (κ2) is 10.2. The van der Waals surface area contributed by atoms with E-state index in [1.165, 1.54) is 10.4 Å². The van der Waals surface area contributed by atoms with Gasteiger partial charge in [0.25, 0.3) is 5.91 Å². The van der Waals surface area contributed by atoms with Crippen LogP contribution < -0.4 is 10.2 Å². The van der Waals surface area contributed by atoms with Crippen LogP contribution in [-0.4, -0.2) is 71.2 Å². The van der Waals surface area contributed by atoms with Gasteiger partial charge in [-0.3, -0.25) is 4.79 Å². The molecule has 0 radical (unpaired) electrons. The molecule has 8 nitrogen and oxygen atoms in total. The number of benzene rings is 2. The highest BCUT2D eigenvalue weighted by Gasteiger charge is 2.29. The zero-order chi connectivity index (χ0) is 22.6. The van der Waals surface area contributed by atoms with Crippen LogP contribution in [0.5, 0.6) is 0 Å². The van der Waals surface area contributed by atoms with Crippen molar-refractivity contribution in [3.8, 4) is 0 Å². The van der Waals surface area contributed by atoms with E-state index in [1.54, 1.807) is 18.2 Å². The zero-order valence-corrected chi connectivity index (χ0v) is 19.2. The van der Waals surface area contributed by atoms with Crippen molar-refractivity contribution in [2.75, 3.05) is 57.5 Å². The summed E-state index contributed by atoms with van der Waals surface area (Å²) in [5.41, 5.74) is 1.78. The number of hydrogen-bond donors (Lipinski definition) is 1. The molecule has 10 heteroatoms. The molecule has 0 spiro atoms. The number of carbonyl (C=O) groups is 1. The lowest BCUT2D eigenvalue weighted by atomic mass is 10.1. The Hall–Kier alpha value is -2.17. The lowest BCUT2D eigenvalue weighted by molar-refractivity contribution is 0.0730. The van der Waals surface area contributed by atoms with E-state index in [-0.39, 0.29) is 17.3 Å². The number of nitrogens with zero attached hydrogens (tertiary/aromatic N) is 2. The van der Waals surface area contributed by atoms with Crippen LogP contribution in [0.3, 0.4) is 0 Å². The predicted molar refractivity (Wildman–Crippen MR) is 122 cm³/mol. The maximum atomic E-state index is 13.2. The second-order valence-electron chi connectivity index (χ2n) is 7.57. The highest BCUT2D eigenvalue weighted by Crippen LogP contribution is 2.27. The van der Waals surface area contributed by atoms with E-state index in [0.717, 1.165) is 5.56 Å². The quantitative estimate of drug-likeness (QED) is 0.683. The van der Waals surface area contributed by atoms with Crippen molar-refractivity contribution in [3.05, 3.63) is 58.6 Å². The summed E-state index contributed by atoms with van der Waals surface area (Å²) in [6, 6.07) is 12.0. The average molecular weight is 480 g/mol. The van der Waals surface area contributed by atoms with Gasteiger partial charge >= 0.3 is 0 Å². The number of sulfonamides is 1. The largest absolute Gasteiger partial charge is 0.379 e. The van der Waals surface area contributed by atoms with Gasteiger partial charge in [0.05, 0.1) is 36.9 Å². The first-order chi connectivity index (χ1) is 15.5. The Morgan fingerprint density at radius 3 is 2.31 bits per heavy atom. The van der Waals surface area contributed by atoms with Crippen molar-refractivity contribution in [2.24, 2.45) is 0 Å². The summed E-state index contributed by atoms with van der Waals surface area (Å²) in [6.07, 6.45) is 0.